The minimum Gasteiger partial charge on any atom is -0.264 e. The van der Waals surface area contributed by atoms with Crippen molar-refractivity contribution in [3.05, 3.63) is 51.8 Å². The number of nitrogens with zero attached hydrogens (tertiary/aromatic N) is 1. The van der Waals surface area contributed by atoms with Crippen LogP contribution in [0.1, 0.15) is 5.56 Å². The van der Waals surface area contributed by atoms with Crippen molar-refractivity contribution in [3.8, 4) is 0 Å². The van der Waals surface area contributed by atoms with Crippen LogP contribution < -0.4 is 0 Å². The number of rotatable bonds is 3. The molecule has 0 saturated heterocycles. The zero-order chi connectivity index (χ0) is 9.68. The lowest BCUT2D eigenvalue weighted by atomic mass is 10.2. The highest BCUT2D eigenvalue weighted by Crippen LogP contribution is 2.04. The number of benzene rings is 1. The van der Waals surface area contributed by atoms with Crippen molar-refractivity contribution in [1.29, 1.82) is 0 Å². The van der Waals surface area contributed by atoms with Gasteiger partial charge in [0.15, 0.2) is 0 Å². The molecule has 0 spiro atoms. The van der Waals surface area contributed by atoms with Crippen LogP contribution in [0.15, 0.2) is 30.3 Å². The average Bonchev–Trinajstić information content (AvgIpc) is 2.08. The van der Waals surface area contributed by atoms with E-state index in [9.17, 15) is 14.5 Å². The predicted molar refractivity (Wildman–Crippen MR) is 47.3 cm³/mol. The van der Waals surface area contributed by atoms with E-state index in [1.807, 2.05) is 0 Å². The molecule has 0 unspecified atom stereocenters. The second-order valence-corrected chi connectivity index (χ2v) is 2.47. The fraction of sp³-hybridized carbons (Fsp3) is 0.111. The highest BCUT2D eigenvalue weighted by atomic mass is 19.1. The summed E-state index contributed by atoms with van der Waals surface area (Å²) in [6, 6.07) is 5.75. The van der Waals surface area contributed by atoms with Gasteiger partial charge in [-0.15, -0.1) is 0 Å². The van der Waals surface area contributed by atoms with Crippen molar-refractivity contribution >= 4 is 6.08 Å². The van der Waals surface area contributed by atoms with Crippen LogP contribution in [-0.4, -0.2) is 11.5 Å². The third-order valence-electron chi connectivity index (χ3n) is 1.43. The first-order chi connectivity index (χ1) is 6.18. The van der Waals surface area contributed by atoms with Gasteiger partial charge in [-0.3, -0.25) is 10.1 Å². The van der Waals surface area contributed by atoms with Crippen LogP contribution in [0.4, 0.5) is 4.39 Å². The van der Waals surface area contributed by atoms with E-state index in [0.717, 1.165) is 5.56 Å². The Labute approximate surface area is 74.7 Å². The molecule has 1 rings (SSSR count). The molecule has 3 nitrogen and oxygen atoms in total. The molecular formula is C9H8FNO2. The summed E-state index contributed by atoms with van der Waals surface area (Å²) < 4.78 is 12.4. The van der Waals surface area contributed by atoms with Crippen molar-refractivity contribution in [3.63, 3.8) is 0 Å². The fourth-order valence-electron chi connectivity index (χ4n) is 0.849. The van der Waals surface area contributed by atoms with Gasteiger partial charge in [-0.2, -0.15) is 0 Å². The SMILES string of the molecule is O=[N+]([O-])C/C=C/c1ccc(F)cc1. The molecule has 0 N–H and O–H groups in total. The Balaban J connectivity index is 2.59. The summed E-state index contributed by atoms with van der Waals surface area (Å²) in [5.41, 5.74) is 0.753. The van der Waals surface area contributed by atoms with E-state index in [1.54, 1.807) is 18.2 Å². The first-order valence-corrected chi connectivity index (χ1v) is 3.72. The fourth-order valence-corrected chi connectivity index (χ4v) is 0.849. The van der Waals surface area contributed by atoms with Crippen molar-refractivity contribution in [2.75, 3.05) is 6.54 Å². The molecule has 0 aliphatic heterocycles. The molecule has 0 bridgehead atoms. The molecule has 1 aromatic rings. The quantitative estimate of drug-likeness (QED) is 0.529. The topological polar surface area (TPSA) is 43.1 Å². The molecule has 0 aromatic heterocycles. The molecule has 0 saturated carbocycles. The Morgan fingerprint density at radius 2 is 2.00 bits per heavy atom. The first kappa shape index (κ1) is 9.38. The molecule has 0 fully saturated rings. The Bertz CT molecular complexity index is 319. The van der Waals surface area contributed by atoms with Crippen molar-refractivity contribution in [2.24, 2.45) is 0 Å². The average molecular weight is 181 g/mol. The van der Waals surface area contributed by atoms with Crippen LogP contribution in [-0.2, 0) is 0 Å². The highest BCUT2D eigenvalue weighted by molar-refractivity contribution is 5.48. The summed E-state index contributed by atoms with van der Waals surface area (Å²) in [4.78, 5) is 9.51. The van der Waals surface area contributed by atoms with Gasteiger partial charge in [0.2, 0.25) is 6.54 Å². The molecule has 1 aromatic carbocycles. The Morgan fingerprint density at radius 3 is 2.54 bits per heavy atom. The van der Waals surface area contributed by atoms with E-state index in [4.69, 9.17) is 0 Å². The summed E-state index contributed by atoms with van der Waals surface area (Å²) >= 11 is 0. The molecule has 0 aliphatic rings. The second-order valence-electron chi connectivity index (χ2n) is 2.47. The van der Waals surface area contributed by atoms with Gasteiger partial charge in [0.25, 0.3) is 0 Å². The smallest absolute Gasteiger partial charge is 0.222 e. The monoisotopic (exact) mass is 181 g/mol. The summed E-state index contributed by atoms with van der Waals surface area (Å²) in [5, 5.41) is 9.94. The van der Waals surface area contributed by atoms with E-state index in [2.05, 4.69) is 0 Å². The van der Waals surface area contributed by atoms with E-state index in [0.29, 0.717) is 0 Å². The molecule has 0 amide bonds. The van der Waals surface area contributed by atoms with Gasteiger partial charge in [-0.05, 0) is 23.8 Å². The van der Waals surface area contributed by atoms with Gasteiger partial charge < -0.3 is 0 Å². The maximum atomic E-state index is 12.4. The van der Waals surface area contributed by atoms with Crippen LogP contribution >= 0.6 is 0 Å². The number of nitro groups is 1. The third-order valence-corrected chi connectivity index (χ3v) is 1.43. The minimum atomic E-state index is -0.431. The van der Waals surface area contributed by atoms with Crippen molar-refractivity contribution in [2.45, 2.75) is 0 Å². The van der Waals surface area contributed by atoms with Gasteiger partial charge in [-0.1, -0.05) is 18.2 Å². The zero-order valence-corrected chi connectivity index (χ0v) is 6.81. The number of hydrogen-bond donors (Lipinski definition) is 0. The first-order valence-electron chi connectivity index (χ1n) is 3.72. The molecule has 0 atom stereocenters. The molecular weight excluding hydrogens is 173 g/mol. The van der Waals surface area contributed by atoms with Crippen LogP contribution in [0.5, 0.6) is 0 Å². The number of halogens is 1. The molecule has 68 valence electrons. The van der Waals surface area contributed by atoms with E-state index >= 15 is 0 Å². The highest BCUT2D eigenvalue weighted by Gasteiger charge is 1.90. The molecule has 0 heterocycles. The van der Waals surface area contributed by atoms with Crippen molar-refractivity contribution < 1.29 is 9.31 Å². The van der Waals surface area contributed by atoms with Crippen molar-refractivity contribution in [1.82, 2.24) is 0 Å². The van der Waals surface area contributed by atoms with Crippen LogP contribution in [0.25, 0.3) is 6.08 Å². The third kappa shape index (κ3) is 3.46. The Hall–Kier alpha value is -1.71. The van der Waals surface area contributed by atoms with Crippen LogP contribution in [0.3, 0.4) is 0 Å². The second kappa shape index (κ2) is 4.35. The van der Waals surface area contributed by atoms with E-state index < -0.39 is 4.92 Å². The lowest BCUT2D eigenvalue weighted by molar-refractivity contribution is -0.468. The summed E-state index contributed by atoms with van der Waals surface area (Å²) in [5.74, 6) is -0.313. The van der Waals surface area contributed by atoms with Gasteiger partial charge in [0.05, 0.1) is 0 Å². The largest absolute Gasteiger partial charge is 0.264 e. The molecule has 13 heavy (non-hydrogen) atoms. The maximum Gasteiger partial charge on any atom is 0.222 e. The van der Waals surface area contributed by atoms with Gasteiger partial charge in [0.1, 0.15) is 5.82 Å². The Kier molecular flexibility index (Phi) is 3.14. The summed E-state index contributed by atoms with van der Waals surface area (Å²) in [6.45, 7) is -0.211. The molecule has 0 aliphatic carbocycles. The van der Waals surface area contributed by atoms with Gasteiger partial charge in [-0.25, -0.2) is 4.39 Å². The van der Waals surface area contributed by atoms with Crippen LogP contribution in [0, 0.1) is 15.9 Å². The summed E-state index contributed by atoms with van der Waals surface area (Å²) in [6.07, 6.45) is 3.01. The standard InChI is InChI=1S/C9H8FNO2/c10-9-5-3-8(4-6-9)2-1-7-11(12)13/h1-6H,7H2/b2-1+. The molecule has 4 heteroatoms. The van der Waals surface area contributed by atoms with Gasteiger partial charge >= 0.3 is 0 Å². The predicted octanol–water partition coefficient (Wildman–Crippen LogP) is 2.12. The zero-order valence-electron chi connectivity index (χ0n) is 6.81. The van der Waals surface area contributed by atoms with Crippen LogP contribution in [0.2, 0.25) is 0 Å². The summed E-state index contributed by atoms with van der Waals surface area (Å²) in [7, 11) is 0. The maximum absolute atomic E-state index is 12.4. The lowest BCUT2D eigenvalue weighted by Crippen LogP contribution is -1.95. The van der Waals surface area contributed by atoms with E-state index in [-0.39, 0.29) is 12.4 Å². The van der Waals surface area contributed by atoms with E-state index in [1.165, 1.54) is 18.2 Å². The Morgan fingerprint density at radius 1 is 1.38 bits per heavy atom. The minimum absolute atomic E-state index is 0.211. The lowest BCUT2D eigenvalue weighted by Gasteiger charge is -1.91. The normalized spacial score (nSPS) is 10.5. The van der Waals surface area contributed by atoms with Gasteiger partial charge in [0, 0.05) is 4.92 Å². The molecule has 0 radical (unpaired) electrons. The number of hydrogen-bond acceptors (Lipinski definition) is 2.